The number of nitrogens with two attached hydrogens (primary N) is 1. The Morgan fingerprint density at radius 1 is 1.00 bits per heavy atom. The molecule has 0 saturated heterocycles. The van der Waals surface area contributed by atoms with Gasteiger partial charge in [0.15, 0.2) is 0 Å². The molecule has 104 valence electrons. The first-order valence-corrected chi connectivity index (χ1v) is 7.28. The zero-order chi connectivity index (χ0) is 14.8. The van der Waals surface area contributed by atoms with Crippen LogP contribution < -0.4 is 11.1 Å². The molecule has 0 atom stereocenters. The molecule has 0 aromatic heterocycles. The lowest BCUT2D eigenvalue weighted by Crippen LogP contribution is -2.12. The lowest BCUT2D eigenvalue weighted by molar-refractivity contribution is 0.102. The fraction of sp³-hybridized carbons (Fsp3) is 0. The first-order chi connectivity index (χ1) is 10.1. The number of benzene rings is 3. The van der Waals surface area contributed by atoms with Gasteiger partial charge < -0.3 is 11.1 Å². The number of rotatable bonds is 2. The maximum Gasteiger partial charge on any atom is 0.256 e. The monoisotopic (exact) mass is 340 g/mol. The van der Waals surface area contributed by atoms with E-state index in [0.29, 0.717) is 16.9 Å². The van der Waals surface area contributed by atoms with Crippen LogP contribution in [0.4, 0.5) is 11.4 Å². The third-order valence-corrected chi connectivity index (χ3v) is 4.01. The SMILES string of the molecule is Nc1cc(NC(=O)c2cccc3ccccc23)ccc1Br. The summed E-state index contributed by atoms with van der Waals surface area (Å²) < 4.78 is 0.811. The largest absolute Gasteiger partial charge is 0.398 e. The maximum atomic E-state index is 12.5. The molecule has 0 saturated carbocycles. The quantitative estimate of drug-likeness (QED) is 0.677. The molecule has 0 spiro atoms. The summed E-state index contributed by atoms with van der Waals surface area (Å²) in [4.78, 5) is 12.5. The number of nitrogens with one attached hydrogen (secondary N) is 1. The molecular formula is C17H13BrN2O. The highest BCUT2D eigenvalue weighted by molar-refractivity contribution is 9.10. The normalized spacial score (nSPS) is 10.5. The van der Waals surface area contributed by atoms with E-state index < -0.39 is 0 Å². The topological polar surface area (TPSA) is 55.1 Å². The second-order valence-corrected chi connectivity index (χ2v) is 5.57. The van der Waals surface area contributed by atoms with Crippen molar-refractivity contribution < 1.29 is 4.79 Å². The molecule has 3 aromatic carbocycles. The Morgan fingerprint density at radius 2 is 1.76 bits per heavy atom. The minimum absolute atomic E-state index is 0.145. The molecule has 0 aliphatic rings. The van der Waals surface area contributed by atoms with Gasteiger partial charge in [-0.25, -0.2) is 0 Å². The third kappa shape index (κ3) is 2.76. The van der Waals surface area contributed by atoms with Gasteiger partial charge >= 0.3 is 0 Å². The molecule has 3 rings (SSSR count). The summed E-state index contributed by atoms with van der Waals surface area (Å²) in [7, 11) is 0. The molecule has 0 heterocycles. The average Bonchev–Trinajstić information content (AvgIpc) is 2.50. The summed E-state index contributed by atoms with van der Waals surface area (Å²) in [6.07, 6.45) is 0. The fourth-order valence-corrected chi connectivity index (χ4v) is 2.49. The van der Waals surface area contributed by atoms with Gasteiger partial charge in [-0.05, 0) is 51.0 Å². The van der Waals surface area contributed by atoms with Crippen molar-refractivity contribution in [2.45, 2.75) is 0 Å². The summed E-state index contributed by atoms with van der Waals surface area (Å²) in [5.41, 5.74) is 7.74. The van der Waals surface area contributed by atoms with E-state index in [1.807, 2.05) is 54.6 Å². The molecule has 0 radical (unpaired) electrons. The summed E-state index contributed by atoms with van der Waals surface area (Å²) >= 11 is 3.34. The summed E-state index contributed by atoms with van der Waals surface area (Å²) in [6.45, 7) is 0. The van der Waals surface area contributed by atoms with Gasteiger partial charge in [-0.2, -0.15) is 0 Å². The Morgan fingerprint density at radius 3 is 2.57 bits per heavy atom. The fourth-order valence-electron chi connectivity index (χ4n) is 2.24. The van der Waals surface area contributed by atoms with E-state index in [1.165, 1.54) is 0 Å². The van der Waals surface area contributed by atoms with Crippen molar-refractivity contribution in [1.82, 2.24) is 0 Å². The number of nitrogen functional groups attached to an aromatic ring is 1. The molecule has 0 aliphatic heterocycles. The van der Waals surface area contributed by atoms with E-state index in [0.717, 1.165) is 15.2 Å². The van der Waals surface area contributed by atoms with Gasteiger partial charge in [0.1, 0.15) is 0 Å². The second kappa shape index (κ2) is 5.58. The number of carbonyl (C=O) groups excluding carboxylic acids is 1. The predicted molar refractivity (Wildman–Crippen MR) is 90.5 cm³/mol. The Labute approximate surface area is 130 Å². The van der Waals surface area contributed by atoms with Gasteiger partial charge in [-0.1, -0.05) is 36.4 Å². The number of halogens is 1. The molecule has 0 unspecified atom stereocenters. The number of amides is 1. The van der Waals surface area contributed by atoms with Gasteiger partial charge in [0.25, 0.3) is 5.91 Å². The van der Waals surface area contributed by atoms with Crippen molar-refractivity contribution in [2.75, 3.05) is 11.1 Å². The van der Waals surface area contributed by atoms with Crippen molar-refractivity contribution in [3.05, 3.63) is 70.7 Å². The summed E-state index contributed by atoms with van der Waals surface area (Å²) in [5, 5.41) is 4.85. The molecular weight excluding hydrogens is 328 g/mol. The van der Waals surface area contributed by atoms with Crippen LogP contribution in [0.25, 0.3) is 10.8 Å². The molecule has 3 aromatic rings. The lowest BCUT2D eigenvalue weighted by atomic mass is 10.0. The first-order valence-electron chi connectivity index (χ1n) is 6.49. The Bertz CT molecular complexity index is 825. The van der Waals surface area contributed by atoms with Crippen molar-refractivity contribution >= 4 is 44.0 Å². The maximum absolute atomic E-state index is 12.5. The molecule has 1 amide bonds. The van der Waals surface area contributed by atoms with Gasteiger partial charge in [0, 0.05) is 21.4 Å². The third-order valence-electron chi connectivity index (χ3n) is 3.29. The van der Waals surface area contributed by atoms with Crippen molar-refractivity contribution in [1.29, 1.82) is 0 Å². The first kappa shape index (κ1) is 13.6. The van der Waals surface area contributed by atoms with E-state index in [9.17, 15) is 4.79 Å². The zero-order valence-electron chi connectivity index (χ0n) is 11.1. The minimum atomic E-state index is -0.145. The predicted octanol–water partition coefficient (Wildman–Crippen LogP) is 4.44. The second-order valence-electron chi connectivity index (χ2n) is 4.72. The van der Waals surface area contributed by atoms with Gasteiger partial charge in [-0.3, -0.25) is 4.79 Å². The van der Waals surface area contributed by atoms with Crippen molar-refractivity contribution in [3.8, 4) is 0 Å². The standard InChI is InChI=1S/C17H13BrN2O/c18-15-9-8-12(10-16(15)19)20-17(21)14-7-3-5-11-4-1-2-6-13(11)14/h1-10H,19H2,(H,20,21). The number of hydrogen-bond acceptors (Lipinski definition) is 2. The number of fused-ring (bicyclic) bond motifs is 1. The Balaban J connectivity index is 1.95. The van der Waals surface area contributed by atoms with Gasteiger partial charge in [0.05, 0.1) is 0 Å². The van der Waals surface area contributed by atoms with Crippen LogP contribution in [0.2, 0.25) is 0 Å². The van der Waals surface area contributed by atoms with Crippen LogP contribution in [0.5, 0.6) is 0 Å². The smallest absolute Gasteiger partial charge is 0.256 e. The van der Waals surface area contributed by atoms with Crippen LogP contribution in [0.15, 0.2) is 65.1 Å². The molecule has 0 aliphatic carbocycles. The number of anilines is 2. The number of hydrogen-bond donors (Lipinski definition) is 2. The van der Waals surface area contributed by atoms with Crippen molar-refractivity contribution in [2.24, 2.45) is 0 Å². The minimum Gasteiger partial charge on any atom is -0.398 e. The molecule has 3 N–H and O–H groups in total. The number of carbonyl (C=O) groups is 1. The van der Waals surface area contributed by atoms with E-state index in [1.54, 1.807) is 6.07 Å². The lowest BCUT2D eigenvalue weighted by Gasteiger charge is -2.09. The van der Waals surface area contributed by atoms with Crippen LogP contribution in [-0.2, 0) is 0 Å². The Kier molecular flexibility index (Phi) is 3.62. The van der Waals surface area contributed by atoms with E-state index in [2.05, 4.69) is 21.2 Å². The van der Waals surface area contributed by atoms with Gasteiger partial charge in [-0.15, -0.1) is 0 Å². The summed E-state index contributed by atoms with van der Waals surface area (Å²) in [5.74, 6) is -0.145. The zero-order valence-corrected chi connectivity index (χ0v) is 12.7. The highest BCUT2D eigenvalue weighted by Crippen LogP contribution is 2.24. The highest BCUT2D eigenvalue weighted by Gasteiger charge is 2.10. The van der Waals surface area contributed by atoms with Crippen molar-refractivity contribution in [3.63, 3.8) is 0 Å². The summed E-state index contributed by atoms with van der Waals surface area (Å²) in [6, 6.07) is 18.9. The van der Waals surface area contributed by atoms with Crippen LogP contribution in [0.3, 0.4) is 0 Å². The van der Waals surface area contributed by atoms with Crippen LogP contribution >= 0.6 is 15.9 Å². The van der Waals surface area contributed by atoms with Crippen LogP contribution in [0, 0.1) is 0 Å². The molecule has 4 heteroatoms. The van der Waals surface area contributed by atoms with Gasteiger partial charge in [0.2, 0.25) is 0 Å². The molecule has 0 bridgehead atoms. The highest BCUT2D eigenvalue weighted by atomic mass is 79.9. The van der Waals surface area contributed by atoms with Crippen LogP contribution in [0.1, 0.15) is 10.4 Å². The molecule has 0 fully saturated rings. The van der Waals surface area contributed by atoms with E-state index in [4.69, 9.17) is 5.73 Å². The molecule has 21 heavy (non-hydrogen) atoms. The van der Waals surface area contributed by atoms with E-state index in [-0.39, 0.29) is 5.91 Å². The Hall–Kier alpha value is -2.33. The van der Waals surface area contributed by atoms with E-state index >= 15 is 0 Å². The van der Waals surface area contributed by atoms with Crippen LogP contribution in [-0.4, -0.2) is 5.91 Å². The average molecular weight is 341 g/mol. The molecule has 3 nitrogen and oxygen atoms in total.